The maximum absolute atomic E-state index is 12.6. The second-order valence-corrected chi connectivity index (χ2v) is 7.68. The molecule has 6 nitrogen and oxygen atoms in total. The van der Waals surface area contributed by atoms with E-state index in [2.05, 4.69) is 0 Å². The number of nitrogens with zero attached hydrogens (tertiary/aromatic N) is 1. The predicted molar refractivity (Wildman–Crippen MR) is 114 cm³/mol. The Morgan fingerprint density at radius 1 is 0.867 bits per heavy atom. The zero-order valence-electron chi connectivity index (χ0n) is 17.6. The molecule has 1 aliphatic carbocycles. The van der Waals surface area contributed by atoms with Crippen LogP contribution in [0.4, 0.5) is 5.69 Å². The van der Waals surface area contributed by atoms with Crippen molar-refractivity contribution in [2.45, 2.75) is 38.7 Å². The van der Waals surface area contributed by atoms with Crippen molar-refractivity contribution in [2.24, 2.45) is 5.92 Å². The third-order valence-electron chi connectivity index (χ3n) is 5.58. The van der Waals surface area contributed by atoms with E-state index in [0.29, 0.717) is 42.5 Å². The van der Waals surface area contributed by atoms with E-state index in [1.165, 1.54) is 7.11 Å². The van der Waals surface area contributed by atoms with E-state index >= 15 is 0 Å². The van der Waals surface area contributed by atoms with Crippen LogP contribution in [0.5, 0.6) is 0 Å². The van der Waals surface area contributed by atoms with Crippen molar-refractivity contribution in [3.8, 4) is 0 Å². The monoisotopic (exact) mass is 409 g/mol. The summed E-state index contributed by atoms with van der Waals surface area (Å²) < 4.78 is 10.4. The van der Waals surface area contributed by atoms with E-state index in [1.54, 1.807) is 48.3 Å². The molecule has 0 aromatic heterocycles. The van der Waals surface area contributed by atoms with Crippen LogP contribution in [0, 0.1) is 12.8 Å². The Hall–Kier alpha value is -3.15. The fourth-order valence-corrected chi connectivity index (χ4v) is 3.63. The molecule has 3 rings (SSSR count). The number of ether oxygens (including phenoxy) is 2. The summed E-state index contributed by atoms with van der Waals surface area (Å²) >= 11 is 0. The summed E-state index contributed by atoms with van der Waals surface area (Å²) in [6.45, 7) is 1.97. The van der Waals surface area contributed by atoms with Gasteiger partial charge in [0, 0.05) is 18.3 Å². The van der Waals surface area contributed by atoms with Crippen molar-refractivity contribution in [3.63, 3.8) is 0 Å². The molecule has 1 aliphatic rings. The maximum atomic E-state index is 12.6. The smallest absolute Gasteiger partial charge is 0.338 e. The minimum Gasteiger partial charge on any atom is -0.469 e. The Bertz CT molecular complexity index is 896. The minimum absolute atomic E-state index is 0.106. The molecule has 0 aliphatic heterocycles. The number of rotatable bonds is 5. The molecule has 0 N–H and O–H groups in total. The van der Waals surface area contributed by atoms with Crippen LogP contribution in [0.3, 0.4) is 0 Å². The maximum Gasteiger partial charge on any atom is 0.338 e. The van der Waals surface area contributed by atoms with E-state index in [4.69, 9.17) is 9.47 Å². The topological polar surface area (TPSA) is 72.9 Å². The number of hydrogen-bond acceptors (Lipinski definition) is 5. The molecule has 0 heterocycles. The van der Waals surface area contributed by atoms with Gasteiger partial charge >= 0.3 is 11.9 Å². The molecule has 1 saturated carbocycles. The van der Waals surface area contributed by atoms with Gasteiger partial charge in [-0.3, -0.25) is 9.59 Å². The number of hydrogen-bond donors (Lipinski definition) is 0. The first kappa shape index (κ1) is 21.6. The second-order valence-electron chi connectivity index (χ2n) is 7.68. The molecule has 1 fully saturated rings. The minimum atomic E-state index is -0.393. The highest BCUT2D eigenvalue weighted by Gasteiger charge is 2.29. The Balaban J connectivity index is 1.57. The van der Waals surface area contributed by atoms with Crippen LogP contribution in [0.15, 0.2) is 48.5 Å². The Labute approximate surface area is 176 Å². The molecule has 0 radical (unpaired) electrons. The molecule has 6 heteroatoms. The van der Waals surface area contributed by atoms with E-state index in [9.17, 15) is 14.4 Å². The zero-order chi connectivity index (χ0) is 21.7. The molecule has 0 saturated heterocycles. The zero-order valence-corrected chi connectivity index (χ0v) is 17.6. The lowest BCUT2D eigenvalue weighted by Gasteiger charge is -2.26. The van der Waals surface area contributed by atoms with Gasteiger partial charge < -0.3 is 14.4 Å². The van der Waals surface area contributed by atoms with E-state index in [1.807, 2.05) is 19.1 Å². The average molecular weight is 409 g/mol. The SMILES string of the molecule is COC(=O)C1CCC(OC(=O)c2ccc(N(C)C(=O)c3ccc(C)cc3)cc2)CC1. The molecule has 2 aromatic rings. The molecular formula is C24H27NO5. The predicted octanol–water partition coefficient (Wildman–Crippen LogP) is 4.16. The molecule has 1 amide bonds. The summed E-state index contributed by atoms with van der Waals surface area (Å²) in [5.41, 5.74) is 2.82. The van der Waals surface area contributed by atoms with Crippen molar-refractivity contribution >= 4 is 23.5 Å². The Morgan fingerprint density at radius 2 is 1.43 bits per heavy atom. The number of amides is 1. The molecule has 0 unspecified atom stereocenters. The van der Waals surface area contributed by atoms with Crippen LogP contribution < -0.4 is 4.90 Å². The van der Waals surface area contributed by atoms with Crippen molar-refractivity contribution < 1.29 is 23.9 Å². The van der Waals surface area contributed by atoms with E-state index < -0.39 is 5.97 Å². The number of carbonyl (C=O) groups is 3. The summed E-state index contributed by atoms with van der Waals surface area (Å²) in [4.78, 5) is 38.2. The van der Waals surface area contributed by atoms with Gasteiger partial charge in [0.15, 0.2) is 0 Å². The third kappa shape index (κ3) is 5.06. The van der Waals surface area contributed by atoms with Crippen molar-refractivity contribution in [2.75, 3.05) is 19.1 Å². The number of aryl methyl sites for hydroxylation is 1. The average Bonchev–Trinajstić information content (AvgIpc) is 2.78. The number of esters is 2. The lowest BCUT2D eigenvalue weighted by atomic mass is 9.87. The van der Waals surface area contributed by atoms with E-state index in [-0.39, 0.29) is 23.9 Å². The van der Waals surface area contributed by atoms with Gasteiger partial charge in [-0.2, -0.15) is 0 Å². The third-order valence-corrected chi connectivity index (χ3v) is 5.58. The lowest BCUT2D eigenvalue weighted by molar-refractivity contribution is -0.147. The second kappa shape index (κ2) is 9.57. The summed E-state index contributed by atoms with van der Waals surface area (Å²) in [6.07, 6.45) is 2.43. The molecule has 0 atom stereocenters. The van der Waals surface area contributed by atoms with Crippen LogP contribution in [-0.4, -0.2) is 38.1 Å². The molecular weight excluding hydrogens is 382 g/mol. The van der Waals surface area contributed by atoms with Gasteiger partial charge in [0.2, 0.25) is 0 Å². The fourth-order valence-electron chi connectivity index (χ4n) is 3.63. The quantitative estimate of drug-likeness (QED) is 0.694. The fraction of sp³-hybridized carbons (Fsp3) is 0.375. The van der Waals surface area contributed by atoms with Crippen LogP contribution in [0.1, 0.15) is 52.0 Å². The summed E-state index contributed by atoms with van der Waals surface area (Å²) in [7, 11) is 3.10. The van der Waals surface area contributed by atoms with Crippen LogP contribution in [0.2, 0.25) is 0 Å². The summed E-state index contributed by atoms with van der Waals surface area (Å²) in [5, 5.41) is 0. The molecule has 0 spiro atoms. The van der Waals surface area contributed by atoms with Crippen LogP contribution in [-0.2, 0) is 14.3 Å². The van der Waals surface area contributed by atoms with Crippen LogP contribution >= 0.6 is 0 Å². The van der Waals surface area contributed by atoms with Crippen LogP contribution in [0.25, 0.3) is 0 Å². The number of anilines is 1. The highest BCUT2D eigenvalue weighted by Crippen LogP contribution is 2.28. The van der Waals surface area contributed by atoms with Gasteiger partial charge in [-0.1, -0.05) is 17.7 Å². The van der Waals surface area contributed by atoms with Gasteiger partial charge in [0.25, 0.3) is 5.91 Å². The van der Waals surface area contributed by atoms with Gasteiger partial charge in [-0.25, -0.2) is 4.79 Å². The largest absolute Gasteiger partial charge is 0.469 e. The number of benzene rings is 2. The molecule has 30 heavy (non-hydrogen) atoms. The Kier molecular flexibility index (Phi) is 6.87. The summed E-state index contributed by atoms with van der Waals surface area (Å²) in [5.74, 6) is -0.811. The number of carbonyl (C=O) groups excluding carboxylic acids is 3. The highest BCUT2D eigenvalue weighted by molar-refractivity contribution is 6.06. The number of methoxy groups -OCH3 is 1. The summed E-state index contributed by atoms with van der Waals surface area (Å²) in [6, 6.07) is 14.2. The van der Waals surface area contributed by atoms with Gasteiger partial charge in [-0.05, 0) is 69.0 Å². The molecule has 158 valence electrons. The first-order valence-corrected chi connectivity index (χ1v) is 10.1. The van der Waals surface area contributed by atoms with E-state index in [0.717, 1.165) is 5.56 Å². The standard InChI is InChI=1S/C24H27NO5/c1-16-4-6-17(7-5-16)22(26)25(2)20-12-8-19(9-13-20)24(28)30-21-14-10-18(11-15-21)23(27)29-3/h4-9,12-13,18,21H,10-11,14-15H2,1-3H3. The van der Waals surface area contributed by atoms with Crippen molar-refractivity contribution in [3.05, 3.63) is 65.2 Å². The lowest BCUT2D eigenvalue weighted by Crippen LogP contribution is -2.28. The van der Waals surface area contributed by atoms with Crippen molar-refractivity contribution in [1.82, 2.24) is 0 Å². The van der Waals surface area contributed by atoms with Gasteiger partial charge in [-0.15, -0.1) is 0 Å². The highest BCUT2D eigenvalue weighted by atomic mass is 16.5. The first-order valence-electron chi connectivity index (χ1n) is 10.1. The normalized spacial score (nSPS) is 18.4. The van der Waals surface area contributed by atoms with Gasteiger partial charge in [0.1, 0.15) is 6.10 Å². The Morgan fingerprint density at radius 3 is 2.00 bits per heavy atom. The first-order chi connectivity index (χ1) is 14.4. The van der Waals surface area contributed by atoms with Gasteiger partial charge in [0.05, 0.1) is 18.6 Å². The van der Waals surface area contributed by atoms with Crippen molar-refractivity contribution in [1.29, 1.82) is 0 Å². The molecule has 0 bridgehead atoms. The molecule has 2 aromatic carbocycles.